The van der Waals surface area contributed by atoms with Crippen LogP contribution in [0.15, 0.2) is 59.5 Å². The number of nitrogens with zero attached hydrogens (tertiary/aromatic N) is 2. The molecule has 7 nitrogen and oxygen atoms in total. The number of carbonyl (C=O) groups excluding carboxylic acids is 1. The first-order chi connectivity index (χ1) is 12.9. The minimum atomic E-state index is -3.56. The average Bonchev–Trinajstić information content (AvgIpc) is 3.10. The van der Waals surface area contributed by atoms with Gasteiger partial charge in [0.1, 0.15) is 5.01 Å². The predicted molar refractivity (Wildman–Crippen MR) is 104 cm³/mol. The molecule has 1 heterocycles. The number of amides is 1. The van der Waals surface area contributed by atoms with Crippen LogP contribution in [0.4, 0.5) is 5.13 Å². The summed E-state index contributed by atoms with van der Waals surface area (Å²) in [5.74, 6) is -0.265. The van der Waals surface area contributed by atoms with Gasteiger partial charge < -0.3 is 0 Å². The largest absolute Gasteiger partial charge is 0.296 e. The maximum Gasteiger partial charge on any atom is 0.257 e. The molecule has 0 spiro atoms. The van der Waals surface area contributed by atoms with E-state index < -0.39 is 10.0 Å². The molecule has 140 valence electrons. The SMILES string of the molecule is Cc1ccc(S(=O)(=O)NCCc2nnc(NC(=O)c3ccccc3)s2)cc1. The lowest BCUT2D eigenvalue weighted by Gasteiger charge is -2.05. The molecule has 0 atom stereocenters. The van der Waals surface area contributed by atoms with Crippen LogP contribution in [-0.2, 0) is 16.4 Å². The lowest BCUT2D eigenvalue weighted by atomic mass is 10.2. The lowest BCUT2D eigenvalue weighted by Crippen LogP contribution is -2.25. The average molecular weight is 403 g/mol. The summed E-state index contributed by atoms with van der Waals surface area (Å²) in [7, 11) is -3.56. The zero-order valence-corrected chi connectivity index (χ0v) is 16.2. The molecule has 0 radical (unpaired) electrons. The molecule has 2 aromatic carbocycles. The van der Waals surface area contributed by atoms with Crippen LogP contribution < -0.4 is 10.0 Å². The second kappa shape index (κ2) is 8.38. The lowest BCUT2D eigenvalue weighted by molar-refractivity contribution is 0.102. The molecule has 0 saturated carbocycles. The summed E-state index contributed by atoms with van der Waals surface area (Å²) in [6, 6.07) is 15.4. The van der Waals surface area contributed by atoms with Gasteiger partial charge in [-0.3, -0.25) is 10.1 Å². The van der Waals surface area contributed by atoms with Crippen molar-refractivity contribution in [3.8, 4) is 0 Å². The van der Waals surface area contributed by atoms with Crippen molar-refractivity contribution in [2.24, 2.45) is 0 Å². The van der Waals surface area contributed by atoms with Gasteiger partial charge in [-0.15, -0.1) is 10.2 Å². The highest BCUT2D eigenvalue weighted by Crippen LogP contribution is 2.17. The van der Waals surface area contributed by atoms with E-state index in [4.69, 9.17) is 0 Å². The van der Waals surface area contributed by atoms with E-state index in [0.717, 1.165) is 5.56 Å². The topological polar surface area (TPSA) is 101 Å². The number of sulfonamides is 1. The van der Waals surface area contributed by atoms with E-state index in [2.05, 4.69) is 20.2 Å². The Morgan fingerprint density at radius 3 is 2.44 bits per heavy atom. The monoisotopic (exact) mass is 402 g/mol. The predicted octanol–water partition coefficient (Wildman–Crippen LogP) is 2.62. The molecular weight excluding hydrogens is 384 g/mol. The highest BCUT2D eigenvalue weighted by molar-refractivity contribution is 7.89. The quantitative estimate of drug-likeness (QED) is 0.633. The van der Waals surface area contributed by atoms with Crippen molar-refractivity contribution in [2.45, 2.75) is 18.2 Å². The molecule has 0 bridgehead atoms. The summed E-state index contributed by atoms with van der Waals surface area (Å²) in [6.07, 6.45) is 0.379. The Hall–Kier alpha value is -2.62. The highest BCUT2D eigenvalue weighted by atomic mass is 32.2. The molecule has 0 aliphatic rings. The first-order valence-electron chi connectivity index (χ1n) is 8.19. The second-order valence-corrected chi connectivity index (χ2v) is 8.61. The van der Waals surface area contributed by atoms with Crippen molar-refractivity contribution in [1.82, 2.24) is 14.9 Å². The summed E-state index contributed by atoms with van der Waals surface area (Å²) in [4.78, 5) is 12.3. The molecule has 27 heavy (non-hydrogen) atoms. The van der Waals surface area contributed by atoms with Gasteiger partial charge in [0, 0.05) is 18.5 Å². The Labute approximate surface area is 161 Å². The molecule has 1 aromatic heterocycles. The van der Waals surface area contributed by atoms with Crippen LogP contribution in [0.2, 0.25) is 0 Å². The van der Waals surface area contributed by atoms with Crippen molar-refractivity contribution in [1.29, 1.82) is 0 Å². The van der Waals surface area contributed by atoms with Crippen LogP contribution in [-0.4, -0.2) is 31.1 Å². The molecule has 0 fully saturated rings. The molecule has 0 unspecified atom stereocenters. The van der Waals surface area contributed by atoms with Gasteiger partial charge in [0.2, 0.25) is 15.2 Å². The maximum atomic E-state index is 12.2. The van der Waals surface area contributed by atoms with E-state index in [0.29, 0.717) is 22.1 Å². The molecule has 0 saturated heterocycles. The number of rotatable bonds is 7. The fourth-order valence-electron chi connectivity index (χ4n) is 2.26. The molecule has 2 N–H and O–H groups in total. The van der Waals surface area contributed by atoms with E-state index in [1.54, 1.807) is 48.5 Å². The van der Waals surface area contributed by atoms with Crippen LogP contribution >= 0.6 is 11.3 Å². The Balaban J connectivity index is 1.54. The van der Waals surface area contributed by atoms with Crippen LogP contribution in [0.5, 0.6) is 0 Å². The number of anilines is 1. The van der Waals surface area contributed by atoms with Gasteiger partial charge in [-0.05, 0) is 31.2 Å². The Kier molecular flexibility index (Phi) is 5.94. The third-order valence-electron chi connectivity index (χ3n) is 3.69. The summed E-state index contributed by atoms with van der Waals surface area (Å²) in [5.41, 5.74) is 1.52. The third-order valence-corrected chi connectivity index (χ3v) is 6.06. The van der Waals surface area contributed by atoms with Gasteiger partial charge in [0.15, 0.2) is 0 Å². The number of benzene rings is 2. The van der Waals surface area contributed by atoms with E-state index in [9.17, 15) is 13.2 Å². The van der Waals surface area contributed by atoms with Gasteiger partial charge in [-0.2, -0.15) is 0 Å². The summed E-state index contributed by atoms with van der Waals surface area (Å²) < 4.78 is 27.0. The Morgan fingerprint density at radius 2 is 1.74 bits per heavy atom. The Bertz CT molecular complexity index is 1020. The zero-order chi connectivity index (χ0) is 19.3. The fourth-order valence-corrected chi connectivity index (χ4v) is 4.02. The number of nitrogens with one attached hydrogen (secondary N) is 2. The molecular formula is C18H18N4O3S2. The summed E-state index contributed by atoms with van der Waals surface area (Å²) in [6.45, 7) is 2.09. The molecule has 1 amide bonds. The zero-order valence-electron chi connectivity index (χ0n) is 14.5. The number of hydrogen-bond donors (Lipinski definition) is 2. The summed E-state index contributed by atoms with van der Waals surface area (Å²) >= 11 is 1.22. The molecule has 3 aromatic rings. The minimum absolute atomic E-state index is 0.192. The van der Waals surface area contributed by atoms with Crippen LogP contribution in [0.3, 0.4) is 0 Å². The number of hydrogen-bond acceptors (Lipinski definition) is 6. The van der Waals surface area contributed by atoms with Crippen molar-refractivity contribution in [3.63, 3.8) is 0 Å². The summed E-state index contributed by atoms with van der Waals surface area (Å²) in [5, 5.41) is 11.6. The van der Waals surface area contributed by atoms with Gasteiger partial charge in [0.05, 0.1) is 4.90 Å². The first-order valence-corrected chi connectivity index (χ1v) is 10.5. The molecule has 0 aliphatic heterocycles. The van der Waals surface area contributed by atoms with Crippen molar-refractivity contribution < 1.29 is 13.2 Å². The number of aromatic nitrogens is 2. The minimum Gasteiger partial charge on any atom is -0.296 e. The van der Waals surface area contributed by atoms with Crippen LogP contribution in [0.25, 0.3) is 0 Å². The van der Waals surface area contributed by atoms with Crippen molar-refractivity contribution >= 4 is 32.4 Å². The molecule has 0 aliphatic carbocycles. The van der Waals surface area contributed by atoms with Crippen molar-refractivity contribution in [2.75, 3.05) is 11.9 Å². The van der Waals surface area contributed by atoms with E-state index in [1.165, 1.54) is 11.3 Å². The molecule has 3 rings (SSSR count). The Morgan fingerprint density at radius 1 is 1.04 bits per heavy atom. The van der Waals surface area contributed by atoms with Crippen molar-refractivity contribution in [3.05, 3.63) is 70.7 Å². The highest BCUT2D eigenvalue weighted by Gasteiger charge is 2.14. The van der Waals surface area contributed by atoms with Gasteiger partial charge >= 0.3 is 0 Å². The first kappa shape index (κ1) is 19.2. The maximum absolute atomic E-state index is 12.2. The van der Waals surface area contributed by atoms with Gasteiger partial charge in [-0.1, -0.05) is 47.2 Å². The second-order valence-electron chi connectivity index (χ2n) is 5.78. The van der Waals surface area contributed by atoms with Crippen LogP contribution in [0.1, 0.15) is 20.9 Å². The third kappa shape index (κ3) is 5.19. The molecule has 9 heteroatoms. The van der Waals surface area contributed by atoms with Crippen LogP contribution in [0, 0.1) is 6.92 Å². The van der Waals surface area contributed by atoms with Gasteiger partial charge in [-0.25, -0.2) is 13.1 Å². The van der Waals surface area contributed by atoms with Gasteiger partial charge in [0.25, 0.3) is 5.91 Å². The van der Waals surface area contributed by atoms with E-state index >= 15 is 0 Å². The van der Waals surface area contributed by atoms with E-state index in [-0.39, 0.29) is 17.3 Å². The normalized spacial score (nSPS) is 11.3. The standard InChI is InChI=1S/C18H18N4O3S2/c1-13-7-9-15(10-8-13)27(24,25)19-12-11-16-21-22-18(26-16)20-17(23)14-5-3-2-4-6-14/h2-10,19H,11-12H2,1H3,(H,20,22,23). The number of aryl methyl sites for hydroxylation is 1. The van der Waals surface area contributed by atoms with E-state index in [1.807, 2.05) is 13.0 Å². The fraction of sp³-hybridized carbons (Fsp3) is 0.167. The smallest absolute Gasteiger partial charge is 0.257 e. The number of carbonyl (C=O) groups is 1.